The summed E-state index contributed by atoms with van der Waals surface area (Å²) in [5.41, 5.74) is 6.42. The van der Waals surface area contributed by atoms with Crippen LogP contribution in [0.5, 0.6) is 0 Å². The maximum absolute atomic E-state index is 5.45. The van der Waals surface area contributed by atoms with Crippen molar-refractivity contribution in [2.75, 3.05) is 0 Å². The summed E-state index contributed by atoms with van der Waals surface area (Å²) in [6.45, 7) is 0.512. The molecule has 2 aromatic rings. The van der Waals surface area contributed by atoms with Crippen LogP contribution in [0.25, 0.3) is 10.7 Å². The summed E-state index contributed by atoms with van der Waals surface area (Å²) in [4.78, 5) is 8.49. The number of H-pyrrole nitrogens is 1. The van der Waals surface area contributed by atoms with E-state index in [1.807, 2.05) is 17.5 Å². The van der Waals surface area contributed by atoms with Gasteiger partial charge >= 0.3 is 0 Å². The van der Waals surface area contributed by atoms with E-state index in [1.54, 1.807) is 17.5 Å². The van der Waals surface area contributed by atoms with Gasteiger partial charge in [-0.05, 0) is 11.4 Å². The number of thiophene rings is 1. The Balaban J connectivity index is 2.35. The molecule has 12 heavy (non-hydrogen) atoms. The van der Waals surface area contributed by atoms with Gasteiger partial charge in [0.2, 0.25) is 0 Å². The average Bonchev–Trinajstić information content (AvgIpc) is 2.75. The molecule has 62 valence electrons. The molecule has 2 heterocycles. The molecule has 0 amide bonds. The first kappa shape index (κ1) is 7.52. The van der Waals surface area contributed by atoms with E-state index >= 15 is 0 Å². The Labute approximate surface area is 74.3 Å². The molecule has 0 fully saturated rings. The number of aromatic nitrogens is 2. The Hall–Kier alpha value is -1.13. The molecule has 3 N–H and O–H groups in total. The molecule has 2 rings (SSSR count). The fraction of sp³-hybridized carbons (Fsp3) is 0.125. The van der Waals surface area contributed by atoms with Gasteiger partial charge in [-0.1, -0.05) is 6.07 Å². The van der Waals surface area contributed by atoms with Crippen LogP contribution >= 0.6 is 11.3 Å². The van der Waals surface area contributed by atoms with Crippen molar-refractivity contribution in [2.45, 2.75) is 6.54 Å². The van der Waals surface area contributed by atoms with Crippen molar-refractivity contribution in [1.29, 1.82) is 0 Å². The summed E-state index contributed by atoms with van der Waals surface area (Å²) in [6, 6.07) is 4.04. The predicted molar refractivity (Wildman–Crippen MR) is 49.8 cm³/mol. The SMILES string of the molecule is NCc1cnc(-c2cccs2)[nH]1. The Morgan fingerprint density at radius 1 is 1.58 bits per heavy atom. The second-order valence-corrected chi connectivity index (χ2v) is 3.39. The van der Waals surface area contributed by atoms with Crippen molar-refractivity contribution in [3.05, 3.63) is 29.4 Å². The molecule has 0 bridgehead atoms. The molecule has 0 unspecified atom stereocenters. The van der Waals surface area contributed by atoms with E-state index in [4.69, 9.17) is 5.73 Å². The van der Waals surface area contributed by atoms with Gasteiger partial charge < -0.3 is 10.7 Å². The minimum atomic E-state index is 0.512. The van der Waals surface area contributed by atoms with E-state index < -0.39 is 0 Å². The number of rotatable bonds is 2. The van der Waals surface area contributed by atoms with Crippen LogP contribution in [0.4, 0.5) is 0 Å². The van der Waals surface area contributed by atoms with Crippen LogP contribution < -0.4 is 5.73 Å². The van der Waals surface area contributed by atoms with E-state index in [2.05, 4.69) is 9.97 Å². The highest BCUT2D eigenvalue weighted by Crippen LogP contribution is 2.20. The van der Waals surface area contributed by atoms with Gasteiger partial charge in [0, 0.05) is 18.4 Å². The first-order valence-electron chi connectivity index (χ1n) is 3.68. The third-order valence-corrected chi connectivity index (χ3v) is 2.48. The van der Waals surface area contributed by atoms with Gasteiger partial charge in [-0.25, -0.2) is 4.98 Å². The number of hydrogen-bond acceptors (Lipinski definition) is 3. The Bertz CT molecular complexity index is 350. The normalized spacial score (nSPS) is 10.4. The molecule has 0 aliphatic rings. The fourth-order valence-electron chi connectivity index (χ4n) is 1.00. The van der Waals surface area contributed by atoms with Gasteiger partial charge in [0.1, 0.15) is 5.82 Å². The van der Waals surface area contributed by atoms with Crippen LogP contribution in [0.2, 0.25) is 0 Å². The first-order valence-corrected chi connectivity index (χ1v) is 4.56. The van der Waals surface area contributed by atoms with Crippen LogP contribution in [0, 0.1) is 0 Å². The van der Waals surface area contributed by atoms with Crippen LogP contribution in [-0.2, 0) is 6.54 Å². The number of hydrogen-bond donors (Lipinski definition) is 2. The van der Waals surface area contributed by atoms with Crippen LogP contribution in [0.15, 0.2) is 23.7 Å². The van der Waals surface area contributed by atoms with Crippen molar-refractivity contribution in [3.8, 4) is 10.7 Å². The third-order valence-electron chi connectivity index (χ3n) is 1.60. The van der Waals surface area contributed by atoms with Gasteiger partial charge in [-0.3, -0.25) is 0 Å². The quantitative estimate of drug-likeness (QED) is 0.735. The molecule has 0 saturated heterocycles. The highest BCUT2D eigenvalue weighted by Gasteiger charge is 2.01. The van der Waals surface area contributed by atoms with Gasteiger partial charge in [-0.15, -0.1) is 11.3 Å². The Morgan fingerprint density at radius 3 is 3.08 bits per heavy atom. The molecule has 0 aromatic carbocycles. The molecule has 3 nitrogen and oxygen atoms in total. The molecule has 0 saturated carbocycles. The molecule has 0 atom stereocenters. The largest absolute Gasteiger partial charge is 0.340 e. The molecule has 0 radical (unpaired) electrons. The molecule has 0 aliphatic carbocycles. The molecule has 2 aromatic heterocycles. The van der Waals surface area contributed by atoms with Crippen LogP contribution in [-0.4, -0.2) is 9.97 Å². The second-order valence-electron chi connectivity index (χ2n) is 2.44. The number of nitrogens with one attached hydrogen (secondary N) is 1. The third kappa shape index (κ3) is 1.26. The number of nitrogens with zero attached hydrogens (tertiary/aromatic N) is 1. The highest BCUT2D eigenvalue weighted by molar-refractivity contribution is 7.13. The van der Waals surface area contributed by atoms with Gasteiger partial charge in [0.15, 0.2) is 0 Å². The molecular formula is C8H9N3S. The van der Waals surface area contributed by atoms with E-state index in [0.717, 1.165) is 16.4 Å². The lowest BCUT2D eigenvalue weighted by atomic mass is 10.4. The van der Waals surface area contributed by atoms with Crippen molar-refractivity contribution in [3.63, 3.8) is 0 Å². The monoisotopic (exact) mass is 179 g/mol. The van der Waals surface area contributed by atoms with Gasteiger partial charge in [-0.2, -0.15) is 0 Å². The molecule has 0 aliphatic heterocycles. The average molecular weight is 179 g/mol. The number of nitrogens with two attached hydrogens (primary N) is 1. The minimum absolute atomic E-state index is 0.512. The zero-order valence-corrected chi connectivity index (χ0v) is 7.27. The molecule has 0 spiro atoms. The maximum Gasteiger partial charge on any atom is 0.147 e. The van der Waals surface area contributed by atoms with Gasteiger partial charge in [0.05, 0.1) is 4.88 Å². The summed E-state index contributed by atoms with van der Waals surface area (Å²) in [6.07, 6.45) is 1.77. The fourth-order valence-corrected chi connectivity index (χ4v) is 1.68. The molecule has 4 heteroatoms. The summed E-state index contributed by atoms with van der Waals surface area (Å²) in [5, 5.41) is 2.03. The lowest BCUT2D eigenvalue weighted by Gasteiger charge is -1.88. The lowest BCUT2D eigenvalue weighted by Crippen LogP contribution is -1.95. The van der Waals surface area contributed by atoms with E-state index in [-0.39, 0.29) is 0 Å². The highest BCUT2D eigenvalue weighted by atomic mass is 32.1. The van der Waals surface area contributed by atoms with Crippen molar-refractivity contribution < 1.29 is 0 Å². The lowest BCUT2D eigenvalue weighted by molar-refractivity contribution is 1.01. The number of imidazole rings is 1. The van der Waals surface area contributed by atoms with Crippen molar-refractivity contribution in [2.24, 2.45) is 5.73 Å². The first-order chi connectivity index (χ1) is 5.90. The molecular weight excluding hydrogens is 170 g/mol. The van der Waals surface area contributed by atoms with Crippen LogP contribution in [0.3, 0.4) is 0 Å². The smallest absolute Gasteiger partial charge is 0.147 e. The topological polar surface area (TPSA) is 54.7 Å². The van der Waals surface area contributed by atoms with E-state index in [1.165, 1.54) is 0 Å². The van der Waals surface area contributed by atoms with Gasteiger partial charge in [0.25, 0.3) is 0 Å². The minimum Gasteiger partial charge on any atom is -0.340 e. The summed E-state index contributed by atoms with van der Waals surface area (Å²) in [5.74, 6) is 0.908. The van der Waals surface area contributed by atoms with E-state index in [0.29, 0.717) is 6.54 Å². The Kier molecular flexibility index (Phi) is 1.93. The second kappa shape index (κ2) is 3.08. The van der Waals surface area contributed by atoms with Crippen LogP contribution in [0.1, 0.15) is 5.69 Å². The zero-order valence-electron chi connectivity index (χ0n) is 6.45. The predicted octanol–water partition coefficient (Wildman–Crippen LogP) is 1.60. The standard InChI is InChI=1S/C8H9N3S/c9-4-6-5-10-8(11-6)7-2-1-3-12-7/h1-3,5H,4,9H2,(H,10,11). The zero-order chi connectivity index (χ0) is 8.39. The van der Waals surface area contributed by atoms with Crippen molar-refractivity contribution in [1.82, 2.24) is 9.97 Å². The summed E-state index contributed by atoms with van der Waals surface area (Å²) < 4.78 is 0. The Morgan fingerprint density at radius 2 is 2.50 bits per heavy atom. The van der Waals surface area contributed by atoms with E-state index in [9.17, 15) is 0 Å². The van der Waals surface area contributed by atoms with Crippen molar-refractivity contribution >= 4 is 11.3 Å². The summed E-state index contributed by atoms with van der Waals surface area (Å²) in [7, 11) is 0. The maximum atomic E-state index is 5.45. The number of aromatic amines is 1. The summed E-state index contributed by atoms with van der Waals surface area (Å²) >= 11 is 1.67.